The van der Waals surface area contributed by atoms with Crippen LogP contribution in [0.25, 0.3) is 0 Å². The highest BCUT2D eigenvalue weighted by molar-refractivity contribution is 5.14. The Hall–Kier alpha value is -0.820. The summed E-state index contributed by atoms with van der Waals surface area (Å²) in [7, 11) is 0. The van der Waals surface area contributed by atoms with Crippen LogP contribution in [0.15, 0.2) is 30.3 Å². The molecule has 0 unspecified atom stereocenters. The van der Waals surface area contributed by atoms with Gasteiger partial charge in [0.05, 0.1) is 0 Å². The lowest BCUT2D eigenvalue weighted by Gasteiger charge is -2.20. The molecule has 0 heterocycles. The molecule has 0 amide bonds. The summed E-state index contributed by atoms with van der Waals surface area (Å²) >= 11 is 0. The highest BCUT2D eigenvalue weighted by atomic mass is 15.1. The second-order valence-electron chi connectivity index (χ2n) is 5.49. The highest BCUT2D eigenvalue weighted by Crippen LogP contribution is 2.08. The van der Waals surface area contributed by atoms with E-state index in [0.717, 1.165) is 0 Å². The summed E-state index contributed by atoms with van der Waals surface area (Å²) in [6.07, 6.45) is 9.29. The number of hydrogen-bond donors (Lipinski definition) is 0. The number of unbranched alkanes of at least 4 members (excludes halogenated alkanes) is 3. The fraction of sp³-hybridized carbons (Fsp3) is 0.667. The Morgan fingerprint density at radius 1 is 0.737 bits per heavy atom. The number of aryl methyl sites for hydroxylation is 1. The Bertz CT molecular complexity index is 288. The Balaban J connectivity index is 2.01. The first-order valence-electron chi connectivity index (χ1n) is 8.13. The molecule has 0 atom stereocenters. The largest absolute Gasteiger partial charge is 0.303 e. The van der Waals surface area contributed by atoms with Gasteiger partial charge in [-0.2, -0.15) is 0 Å². The first-order chi connectivity index (χ1) is 9.36. The van der Waals surface area contributed by atoms with Crippen LogP contribution in [0.3, 0.4) is 0 Å². The van der Waals surface area contributed by atoms with Crippen molar-refractivity contribution in [2.45, 2.75) is 58.8 Å². The van der Waals surface area contributed by atoms with E-state index in [1.165, 1.54) is 70.1 Å². The molecule has 1 heteroatoms. The quantitative estimate of drug-likeness (QED) is 0.511. The van der Waals surface area contributed by atoms with Gasteiger partial charge in [0.15, 0.2) is 0 Å². The Labute approximate surface area is 120 Å². The van der Waals surface area contributed by atoms with Crippen LogP contribution in [0.1, 0.15) is 57.9 Å². The van der Waals surface area contributed by atoms with Crippen LogP contribution in [0.5, 0.6) is 0 Å². The molecule has 0 aromatic heterocycles. The summed E-state index contributed by atoms with van der Waals surface area (Å²) in [5, 5.41) is 0. The van der Waals surface area contributed by atoms with Crippen LogP contribution in [0.2, 0.25) is 0 Å². The van der Waals surface area contributed by atoms with E-state index >= 15 is 0 Å². The first-order valence-corrected chi connectivity index (χ1v) is 8.13. The fourth-order valence-corrected chi connectivity index (χ4v) is 2.63. The van der Waals surface area contributed by atoms with E-state index < -0.39 is 0 Å². The van der Waals surface area contributed by atoms with Crippen LogP contribution in [0.4, 0.5) is 0 Å². The monoisotopic (exact) mass is 261 g/mol. The Morgan fingerprint density at radius 3 is 2.00 bits per heavy atom. The molecule has 1 aromatic carbocycles. The SMILES string of the molecule is CCCN(CCC)CCCCCCc1ccccc1. The van der Waals surface area contributed by atoms with Gasteiger partial charge < -0.3 is 4.90 Å². The molecule has 0 N–H and O–H groups in total. The zero-order valence-corrected chi connectivity index (χ0v) is 12.9. The van der Waals surface area contributed by atoms with Crippen molar-refractivity contribution in [1.29, 1.82) is 0 Å². The van der Waals surface area contributed by atoms with Crippen molar-refractivity contribution in [3.05, 3.63) is 35.9 Å². The topological polar surface area (TPSA) is 3.24 Å². The van der Waals surface area contributed by atoms with Crippen molar-refractivity contribution in [3.63, 3.8) is 0 Å². The molecule has 1 rings (SSSR count). The van der Waals surface area contributed by atoms with Crippen LogP contribution in [0, 0.1) is 0 Å². The zero-order chi connectivity index (χ0) is 13.8. The minimum absolute atomic E-state index is 1.24. The molecule has 1 aromatic rings. The van der Waals surface area contributed by atoms with Crippen LogP contribution >= 0.6 is 0 Å². The average molecular weight is 261 g/mol. The summed E-state index contributed by atoms with van der Waals surface area (Å²) in [5.74, 6) is 0. The van der Waals surface area contributed by atoms with Gasteiger partial charge in [-0.25, -0.2) is 0 Å². The lowest BCUT2D eigenvalue weighted by molar-refractivity contribution is 0.268. The Kier molecular flexibility index (Phi) is 9.44. The van der Waals surface area contributed by atoms with Gasteiger partial charge in [0.2, 0.25) is 0 Å². The summed E-state index contributed by atoms with van der Waals surface area (Å²) in [6, 6.07) is 10.9. The number of nitrogens with zero attached hydrogens (tertiary/aromatic N) is 1. The maximum Gasteiger partial charge on any atom is -0.00187 e. The second kappa shape index (κ2) is 11.0. The molecule has 0 aliphatic heterocycles. The molecule has 0 radical (unpaired) electrons. The molecule has 19 heavy (non-hydrogen) atoms. The van der Waals surface area contributed by atoms with Crippen LogP contribution in [-0.2, 0) is 6.42 Å². The van der Waals surface area contributed by atoms with E-state index in [2.05, 4.69) is 49.1 Å². The standard InChI is InChI=1S/C18H31N/c1-3-15-19(16-4-2)17-11-6-5-8-12-18-13-9-7-10-14-18/h7,9-10,13-14H,3-6,8,11-12,15-17H2,1-2H3. The van der Waals surface area contributed by atoms with Crippen LogP contribution < -0.4 is 0 Å². The third-order valence-electron chi connectivity index (χ3n) is 3.61. The summed E-state index contributed by atoms with van der Waals surface area (Å²) in [4.78, 5) is 2.62. The van der Waals surface area contributed by atoms with E-state index in [4.69, 9.17) is 0 Å². The molecule has 108 valence electrons. The molecular formula is C18H31N. The van der Waals surface area contributed by atoms with E-state index in [9.17, 15) is 0 Å². The van der Waals surface area contributed by atoms with E-state index in [1.54, 1.807) is 0 Å². The maximum atomic E-state index is 2.62. The third kappa shape index (κ3) is 8.05. The lowest BCUT2D eigenvalue weighted by Crippen LogP contribution is -2.26. The van der Waals surface area contributed by atoms with Gasteiger partial charge >= 0.3 is 0 Å². The lowest BCUT2D eigenvalue weighted by atomic mass is 10.1. The van der Waals surface area contributed by atoms with Gasteiger partial charge in [0.1, 0.15) is 0 Å². The smallest absolute Gasteiger partial charge is 0.00187 e. The van der Waals surface area contributed by atoms with Crippen molar-refractivity contribution in [2.24, 2.45) is 0 Å². The molecule has 0 fully saturated rings. The summed E-state index contributed by atoms with van der Waals surface area (Å²) in [6.45, 7) is 8.41. The number of hydrogen-bond acceptors (Lipinski definition) is 1. The average Bonchev–Trinajstić information content (AvgIpc) is 2.44. The van der Waals surface area contributed by atoms with Crippen molar-refractivity contribution in [1.82, 2.24) is 4.90 Å². The van der Waals surface area contributed by atoms with Gasteiger partial charge in [-0.3, -0.25) is 0 Å². The van der Waals surface area contributed by atoms with Crippen molar-refractivity contribution in [3.8, 4) is 0 Å². The molecule has 0 spiro atoms. The van der Waals surface area contributed by atoms with Gasteiger partial charge in [-0.15, -0.1) is 0 Å². The molecule has 0 bridgehead atoms. The van der Waals surface area contributed by atoms with E-state index in [0.29, 0.717) is 0 Å². The van der Waals surface area contributed by atoms with Crippen molar-refractivity contribution in [2.75, 3.05) is 19.6 Å². The van der Waals surface area contributed by atoms with E-state index in [1.807, 2.05) is 0 Å². The number of rotatable bonds is 11. The second-order valence-corrected chi connectivity index (χ2v) is 5.49. The minimum atomic E-state index is 1.24. The summed E-state index contributed by atoms with van der Waals surface area (Å²) < 4.78 is 0. The predicted octanol–water partition coefficient (Wildman–Crippen LogP) is 4.91. The maximum absolute atomic E-state index is 2.62. The molecule has 0 saturated carbocycles. The number of benzene rings is 1. The highest BCUT2D eigenvalue weighted by Gasteiger charge is 2.01. The molecule has 0 saturated heterocycles. The van der Waals surface area contributed by atoms with Crippen molar-refractivity contribution < 1.29 is 0 Å². The minimum Gasteiger partial charge on any atom is -0.303 e. The predicted molar refractivity (Wildman–Crippen MR) is 85.6 cm³/mol. The van der Waals surface area contributed by atoms with Gasteiger partial charge in [-0.1, -0.05) is 57.0 Å². The fourth-order valence-electron chi connectivity index (χ4n) is 2.63. The normalized spacial score (nSPS) is 11.1. The zero-order valence-electron chi connectivity index (χ0n) is 12.9. The third-order valence-corrected chi connectivity index (χ3v) is 3.61. The van der Waals surface area contributed by atoms with E-state index in [-0.39, 0.29) is 0 Å². The first kappa shape index (κ1) is 16.2. The molecule has 1 nitrogen and oxygen atoms in total. The Morgan fingerprint density at radius 2 is 1.37 bits per heavy atom. The molecule has 0 aliphatic carbocycles. The molecular weight excluding hydrogens is 230 g/mol. The van der Waals surface area contributed by atoms with Crippen molar-refractivity contribution >= 4 is 0 Å². The molecule has 0 aliphatic rings. The van der Waals surface area contributed by atoms with Gasteiger partial charge in [0.25, 0.3) is 0 Å². The van der Waals surface area contributed by atoms with Crippen LogP contribution in [-0.4, -0.2) is 24.5 Å². The van der Waals surface area contributed by atoms with Gasteiger partial charge in [-0.05, 0) is 57.3 Å². The van der Waals surface area contributed by atoms with Gasteiger partial charge in [0, 0.05) is 0 Å². The summed E-state index contributed by atoms with van der Waals surface area (Å²) in [5.41, 5.74) is 1.49.